The van der Waals surface area contributed by atoms with Gasteiger partial charge in [0.25, 0.3) is 0 Å². The first-order chi connectivity index (χ1) is 10.3. The van der Waals surface area contributed by atoms with Gasteiger partial charge in [-0.25, -0.2) is 0 Å². The number of nitrogens with one attached hydrogen (secondary N) is 1. The van der Waals surface area contributed by atoms with E-state index < -0.39 is 0 Å². The van der Waals surface area contributed by atoms with Crippen LogP contribution in [-0.2, 0) is 4.74 Å². The number of methoxy groups -OCH3 is 2. The standard InChI is InChI=1S/C17H27NO3/c1-4-8-18-15(10-13-7-9-21-12-13)14-5-6-16(19-2)17(11-14)20-3/h5-6,11,13,15,18H,4,7-10,12H2,1-3H3. The van der Waals surface area contributed by atoms with Gasteiger partial charge < -0.3 is 19.5 Å². The zero-order valence-corrected chi connectivity index (χ0v) is 13.4. The van der Waals surface area contributed by atoms with Gasteiger partial charge in [-0.1, -0.05) is 13.0 Å². The molecule has 2 atom stereocenters. The van der Waals surface area contributed by atoms with Crippen molar-refractivity contribution in [3.8, 4) is 11.5 Å². The third-order valence-corrected chi connectivity index (χ3v) is 4.04. The van der Waals surface area contributed by atoms with E-state index in [2.05, 4.69) is 24.4 Å². The minimum absolute atomic E-state index is 0.344. The van der Waals surface area contributed by atoms with Gasteiger partial charge in [-0.2, -0.15) is 0 Å². The quantitative estimate of drug-likeness (QED) is 0.799. The highest BCUT2D eigenvalue weighted by atomic mass is 16.5. The van der Waals surface area contributed by atoms with Gasteiger partial charge in [-0.15, -0.1) is 0 Å². The second-order valence-electron chi connectivity index (χ2n) is 5.59. The van der Waals surface area contributed by atoms with Gasteiger partial charge >= 0.3 is 0 Å². The third kappa shape index (κ3) is 4.35. The van der Waals surface area contributed by atoms with Crippen LogP contribution in [0.15, 0.2) is 18.2 Å². The Kier molecular flexibility index (Phi) is 6.33. The van der Waals surface area contributed by atoms with Crippen LogP contribution in [0, 0.1) is 5.92 Å². The van der Waals surface area contributed by atoms with Gasteiger partial charge in [0, 0.05) is 19.3 Å². The highest BCUT2D eigenvalue weighted by Gasteiger charge is 2.22. The fourth-order valence-corrected chi connectivity index (χ4v) is 2.83. The SMILES string of the molecule is CCCNC(CC1CCOC1)c1ccc(OC)c(OC)c1. The summed E-state index contributed by atoms with van der Waals surface area (Å²) in [6.45, 7) is 5.00. The molecule has 0 aromatic heterocycles. The minimum atomic E-state index is 0.344. The smallest absolute Gasteiger partial charge is 0.161 e. The molecule has 0 saturated carbocycles. The molecule has 21 heavy (non-hydrogen) atoms. The largest absolute Gasteiger partial charge is 0.493 e. The second kappa shape index (κ2) is 8.25. The zero-order valence-electron chi connectivity index (χ0n) is 13.4. The van der Waals surface area contributed by atoms with Gasteiger partial charge in [-0.05, 0) is 49.4 Å². The van der Waals surface area contributed by atoms with Crippen molar-refractivity contribution in [2.24, 2.45) is 5.92 Å². The van der Waals surface area contributed by atoms with Crippen LogP contribution in [-0.4, -0.2) is 34.0 Å². The van der Waals surface area contributed by atoms with E-state index in [9.17, 15) is 0 Å². The molecular formula is C17H27NO3. The molecule has 2 unspecified atom stereocenters. The Bertz CT molecular complexity index is 430. The van der Waals surface area contributed by atoms with Crippen LogP contribution in [0.25, 0.3) is 0 Å². The Morgan fingerprint density at radius 2 is 2.10 bits per heavy atom. The van der Waals surface area contributed by atoms with E-state index in [-0.39, 0.29) is 0 Å². The molecule has 1 aromatic rings. The topological polar surface area (TPSA) is 39.7 Å². The summed E-state index contributed by atoms with van der Waals surface area (Å²) in [6.07, 6.45) is 3.40. The minimum Gasteiger partial charge on any atom is -0.493 e. The summed E-state index contributed by atoms with van der Waals surface area (Å²) < 4.78 is 16.3. The van der Waals surface area contributed by atoms with Gasteiger partial charge in [0.05, 0.1) is 14.2 Å². The lowest BCUT2D eigenvalue weighted by Crippen LogP contribution is -2.24. The summed E-state index contributed by atoms with van der Waals surface area (Å²) in [5, 5.41) is 3.65. The molecule has 1 heterocycles. The maximum atomic E-state index is 5.51. The first kappa shape index (κ1) is 16.1. The lowest BCUT2D eigenvalue weighted by molar-refractivity contribution is 0.181. The maximum absolute atomic E-state index is 5.51. The van der Waals surface area contributed by atoms with E-state index in [1.165, 1.54) is 5.56 Å². The van der Waals surface area contributed by atoms with Crippen molar-refractivity contribution >= 4 is 0 Å². The van der Waals surface area contributed by atoms with Gasteiger partial charge in [0.15, 0.2) is 11.5 Å². The molecule has 118 valence electrons. The van der Waals surface area contributed by atoms with Crippen LogP contribution in [0.3, 0.4) is 0 Å². The van der Waals surface area contributed by atoms with Gasteiger partial charge in [0.1, 0.15) is 0 Å². The fraction of sp³-hybridized carbons (Fsp3) is 0.647. The van der Waals surface area contributed by atoms with Crippen LogP contribution in [0.4, 0.5) is 0 Å². The van der Waals surface area contributed by atoms with Crippen molar-refractivity contribution in [2.75, 3.05) is 34.0 Å². The first-order valence-electron chi connectivity index (χ1n) is 7.81. The van der Waals surface area contributed by atoms with Crippen LogP contribution in [0.5, 0.6) is 11.5 Å². The first-order valence-corrected chi connectivity index (χ1v) is 7.81. The normalized spacial score (nSPS) is 19.5. The highest BCUT2D eigenvalue weighted by Crippen LogP contribution is 2.33. The number of ether oxygens (including phenoxy) is 3. The summed E-state index contributed by atoms with van der Waals surface area (Å²) >= 11 is 0. The molecule has 0 aliphatic carbocycles. The van der Waals surface area contributed by atoms with Crippen molar-refractivity contribution in [1.82, 2.24) is 5.32 Å². The molecule has 1 fully saturated rings. The lowest BCUT2D eigenvalue weighted by Gasteiger charge is -2.23. The summed E-state index contributed by atoms with van der Waals surface area (Å²) in [4.78, 5) is 0. The van der Waals surface area contributed by atoms with E-state index >= 15 is 0 Å². The molecule has 4 nitrogen and oxygen atoms in total. The molecule has 0 bridgehead atoms. The number of hydrogen-bond donors (Lipinski definition) is 1. The van der Waals surface area contributed by atoms with Gasteiger partial charge in [-0.3, -0.25) is 0 Å². The van der Waals surface area contributed by atoms with Crippen LogP contribution in [0.2, 0.25) is 0 Å². The van der Waals surface area contributed by atoms with Crippen molar-refractivity contribution < 1.29 is 14.2 Å². The lowest BCUT2D eigenvalue weighted by atomic mass is 9.93. The van der Waals surface area contributed by atoms with Crippen LogP contribution in [0.1, 0.15) is 37.8 Å². The Labute approximate surface area is 127 Å². The molecule has 0 radical (unpaired) electrons. The molecule has 1 N–H and O–H groups in total. The molecule has 0 spiro atoms. The molecule has 1 aliphatic rings. The Balaban J connectivity index is 2.14. The van der Waals surface area contributed by atoms with Gasteiger partial charge in [0.2, 0.25) is 0 Å². The highest BCUT2D eigenvalue weighted by molar-refractivity contribution is 5.43. The molecule has 1 aliphatic heterocycles. The summed E-state index contributed by atoms with van der Waals surface area (Å²) in [6, 6.07) is 6.54. The predicted molar refractivity (Wildman–Crippen MR) is 84.1 cm³/mol. The fourth-order valence-electron chi connectivity index (χ4n) is 2.83. The Hall–Kier alpha value is -1.26. The second-order valence-corrected chi connectivity index (χ2v) is 5.59. The molecule has 1 aromatic carbocycles. The van der Waals surface area contributed by atoms with E-state index in [0.29, 0.717) is 12.0 Å². The average molecular weight is 293 g/mol. The molecule has 0 amide bonds. The van der Waals surface area contributed by atoms with E-state index in [1.54, 1.807) is 14.2 Å². The molecule has 1 saturated heterocycles. The Morgan fingerprint density at radius 3 is 2.71 bits per heavy atom. The average Bonchev–Trinajstić information content (AvgIpc) is 3.03. The number of rotatable bonds is 8. The number of benzene rings is 1. The van der Waals surface area contributed by atoms with E-state index in [1.807, 2.05) is 6.07 Å². The van der Waals surface area contributed by atoms with Crippen molar-refractivity contribution in [3.63, 3.8) is 0 Å². The maximum Gasteiger partial charge on any atom is 0.161 e. The van der Waals surface area contributed by atoms with E-state index in [4.69, 9.17) is 14.2 Å². The molecular weight excluding hydrogens is 266 g/mol. The van der Waals surface area contributed by atoms with Crippen molar-refractivity contribution in [1.29, 1.82) is 0 Å². The zero-order chi connectivity index (χ0) is 15.1. The van der Waals surface area contributed by atoms with Crippen molar-refractivity contribution in [2.45, 2.75) is 32.2 Å². The van der Waals surface area contributed by atoms with Crippen LogP contribution < -0.4 is 14.8 Å². The van der Waals surface area contributed by atoms with Crippen molar-refractivity contribution in [3.05, 3.63) is 23.8 Å². The third-order valence-electron chi connectivity index (χ3n) is 4.04. The molecule has 2 rings (SSSR count). The Morgan fingerprint density at radius 1 is 1.29 bits per heavy atom. The number of hydrogen-bond acceptors (Lipinski definition) is 4. The summed E-state index contributed by atoms with van der Waals surface area (Å²) in [5.74, 6) is 2.22. The predicted octanol–water partition coefficient (Wildman–Crippen LogP) is 3.17. The monoisotopic (exact) mass is 293 g/mol. The van der Waals surface area contributed by atoms with E-state index in [0.717, 1.165) is 50.5 Å². The summed E-state index contributed by atoms with van der Waals surface area (Å²) in [5.41, 5.74) is 1.26. The molecule has 4 heteroatoms. The summed E-state index contributed by atoms with van der Waals surface area (Å²) in [7, 11) is 3.35. The van der Waals surface area contributed by atoms with Crippen LogP contribution >= 0.6 is 0 Å².